The van der Waals surface area contributed by atoms with E-state index >= 15 is 0 Å². The van der Waals surface area contributed by atoms with Crippen LogP contribution in [0.2, 0.25) is 0 Å². The van der Waals surface area contributed by atoms with Gasteiger partial charge >= 0.3 is 0 Å². The molecule has 0 fully saturated rings. The maximum absolute atomic E-state index is 4.73. The quantitative estimate of drug-likeness (QED) is 0.882. The van der Waals surface area contributed by atoms with Crippen molar-refractivity contribution in [3.05, 3.63) is 28.0 Å². The molecule has 104 valence electrons. The molecule has 19 heavy (non-hydrogen) atoms. The fourth-order valence-electron chi connectivity index (χ4n) is 1.83. The largest absolute Gasteiger partial charge is 0.308 e. The number of thiazole rings is 1. The van der Waals surface area contributed by atoms with E-state index in [4.69, 9.17) is 4.98 Å². The SMILES string of the molecule is CCNC(Cc1nc(C(C)(C)C)cs1)c1cn[nH]n1. The molecule has 0 spiro atoms. The summed E-state index contributed by atoms with van der Waals surface area (Å²) < 4.78 is 0. The lowest BCUT2D eigenvalue weighted by Crippen LogP contribution is -2.23. The Hall–Kier alpha value is -1.27. The molecule has 2 heterocycles. The number of hydrogen-bond donors (Lipinski definition) is 2. The van der Waals surface area contributed by atoms with Gasteiger partial charge in [-0.05, 0) is 6.54 Å². The van der Waals surface area contributed by atoms with Crippen molar-refractivity contribution in [2.24, 2.45) is 0 Å². The Balaban J connectivity index is 2.11. The maximum Gasteiger partial charge on any atom is 0.0998 e. The lowest BCUT2D eigenvalue weighted by Gasteiger charge is -2.15. The van der Waals surface area contributed by atoms with Gasteiger partial charge in [0.15, 0.2) is 0 Å². The lowest BCUT2D eigenvalue weighted by atomic mass is 9.93. The molecule has 0 aromatic carbocycles. The molecule has 0 amide bonds. The number of H-pyrrole nitrogens is 1. The molecular formula is C13H21N5S. The van der Waals surface area contributed by atoms with Crippen molar-refractivity contribution in [1.82, 2.24) is 25.7 Å². The first kappa shape index (κ1) is 14.1. The second-order valence-corrected chi connectivity index (χ2v) is 6.53. The Morgan fingerprint density at radius 3 is 2.74 bits per heavy atom. The molecule has 5 nitrogen and oxygen atoms in total. The summed E-state index contributed by atoms with van der Waals surface area (Å²) in [5, 5.41) is 17.4. The van der Waals surface area contributed by atoms with E-state index in [1.54, 1.807) is 17.5 Å². The summed E-state index contributed by atoms with van der Waals surface area (Å²) in [7, 11) is 0. The monoisotopic (exact) mass is 279 g/mol. The van der Waals surface area contributed by atoms with E-state index in [9.17, 15) is 0 Å². The molecule has 2 aromatic rings. The summed E-state index contributed by atoms with van der Waals surface area (Å²) >= 11 is 1.72. The first-order valence-corrected chi connectivity index (χ1v) is 7.42. The van der Waals surface area contributed by atoms with Crippen molar-refractivity contribution in [3.63, 3.8) is 0 Å². The van der Waals surface area contributed by atoms with Crippen molar-refractivity contribution in [1.29, 1.82) is 0 Å². The number of aromatic nitrogens is 4. The van der Waals surface area contributed by atoms with Gasteiger partial charge in [-0.3, -0.25) is 0 Å². The summed E-state index contributed by atoms with van der Waals surface area (Å²) in [5.41, 5.74) is 2.20. The van der Waals surface area contributed by atoms with Crippen molar-refractivity contribution in [2.75, 3.05) is 6.54 Å². The van der Waals surface area contributed by atoms with Crippen LogP contribution in [0, 0.1) is 0 Å². The lowest BCUT2D eigenvalue weighted by molar-refractivity contribution is 0.528. The fraction of sp³-hybridized carbons (Fsp3) is 0.615. The number of aromatic amines is 1. The Kier molecular flexibility index (Phi) is 4.31. The Morgan fingerprint density at radius 2 is 2.21 bits per heavy atom. The zero-order valence-electron chi connectivity index (χ0n) is 11.9. The summed E-state index contributed by atoms with van der Waals surface area (Å²) in [5.74, 6) is 0. The molecular weight excluding hydrogens is 258 g/mol. The van der Waals surface area contributed by atoms with Crippen LogP contribution in [-0.2, 0) is 11.8 Å². The van der Waals surface area contributed by atoms with E-state index in [1.165, 1.54) is 0 Å². The molecule has 0 aliphatic rings. The first-order chi connectivity index (χ1) is 9.00. The highest BCUT2D eigenvalue weighted by atomic mass is 32.1. The number of nitrogens with zero attached hydrogens (tertiary/aromatic N) is 3. The minimum atomic E-state index is 0.107. The smallest absolute Gasteiger partial charge is 0.0998 e. The van der Waals surface area contributed by atoms with Crippen molar-refractivity contribution < 1.29 is 0 Å². The molecule has 0 saturated carbocycles. The molecule has 0 radical (unpaired) electrons. The van der Waals surface area contributed by atoms with E-state index in [0.717, 1.165) is 29.4 Å². The topological polar surface area (TPSA) is 66.5 Å². The van der Waals surface area contributed by atoms with E-state index in [2.05, 4.69) is 53.8 Å². The van der Waals surface area contributed by atoms with E-state index < -0.39 is 0 Å². The van der Waals surface area contributed by atoms with Crippen LogP contribution in [0.4, 0.5) is 0 Å². The second-order valence-electron chi connectivity index (χ2n) is 5.59. The van der Waals surface area contributed by atoms with E-state index in [1.807, 2.05) is 0 Å². The second kappa shape index (κ2) is 5.79. The van der Waals surface area contributed by atoms with Gasteiger partial charge in [-0.15, -0.1) is 11.3 Å². The molecule has 6 heteroatoms. The molecule has 2 rings (SSSR count). The van der Waals surface area contributed by atoms with Crippen LogP contribution in [0.5, 0.6) is 0 Å². The number of likely N-dealkylation sites (N-methyl/N-ethyl adjacent to an activating group) is 1. The standard InChI is InChI=1S/C13H21N5S/c1-5-14-9(10-7-15-18-17-10)6-12-16-11(8-19-12)13(2,3)4/h7-9,14H,5-6H2,1-4H3,(H,15,17,18). The Labute approximate surface area is 117 Å². The van der Waals surface area contributed by atoms with Crippen LogP contribution in [-0.4, -0.2) is 26.9 Å². The van der Waals surface area contributed by atoms with Crippen LogP contribution >= 0.6 is 11.3 Å². The van der Waals surface area contributed by atoms with Gasteiger partial charge < -0.3 is 5.32 Å². The van der Waals surface area contributed by atoms with E-state index in [-0.39, 0.29) is 11.5 Å². The van der Waals surface area contributed by atoms with Crippen LogP contribution < -0.4 is 5.32 Å². The van der Waals surface area contributed by atoms with Gasteiger partial charge in [-0.1, -0.05) is 27.7 Å². The molecule has 1 atom stereocenters. The van der Waals surface area contributed by atoms with Crippen molar-refractivity contribution in [3.8, 4) is 0 Å². The number of hydrogen-bond acceptors (Lipinski definition) is 5. The minimum absolute atomic E-state index is 0.107. The number of nitrogens with one attached hydrogen (secondary N) is 2. The van der Waals surface area contributed by atoms with Gasteiger partial charge in [0.25, 0.3) is 0 Å². The molecule has 1 unspecified atom stereocenters. The molecule has 2 N–H and O–H groups in total. The third kappa shape index (κ3) is 3.61. The van der Waals surface area contributed by atoms with Gasteiger partial charge in [0.05, 0.1) is 28.6 Å². The van der Waals surface area contributed by atoms with E-state index in [0.29, 0.717) is 0 Å². The molecule has 2 aromatic heterocycles. The van der Waals surface area contributed by atoms with Crippen LogP contribution in [0.15, 0.2) is 11.6 Å². The van der Waals surface area contributed by atoms with Crippen molar-refractivity contribution in [2.45, 2.75) is 45.6 Å². The normalized spacial score (nSPS) is 13.7. The zero-order valence-corrected chi connectivity index (χ0v) is 12.7. The van der Waals surface area contributed by atoms with Crippen LogP contribution in [0.1, 0.15) is 50.1 Å². The average Bonchev–Trinajstić information content (AvgIpc) is 2.98. The summed E-state index contributed by atoms with van der Waals surface area (Å²) in [6, 6.07) is 0.169. The maximum atomic E-state index is 4.73. The third-order valence-electron chi connectivity index (χ3n) is 2.94. The van der Waals surface area contributed by atoms with Gasteiger partial charge in [-0.2, -0.15) is 15.4 Å². The molecule has 0 bridgehead atoms. The van der Waals surface area contributed by atoms with Gasteiger partial charge in [-0.25, -0.2) is 4.98 Å². The highest BCUT2D eigenvalue weighted by molar-refractivity contribution is 7.09. The van der Waals surface area contributed by atoms with Gasteiger partial charge in [0.2, 0.25) is 0 Å². The summed E-state index contributed by atoms with van der Waals surface area (Å²) in [4.78, 5) is 4.73. The van der Waals surface area contributed by atoms with Crippen molar-refractivity contribution >= 4 is 11.3 Å². The minimum Gasteiger partial charge on any atom is -0.308 e. The zero-order chi connectivity index (χ0) is 13.9. The number of rotatable bonds is 5. The van der Waals surface area contributed by atoms with Gasteiger partial charge in [0, 0.05) is 17.2 Å². The molecule has 0 aliphatic carbocycles. The third-order valence-corrected chi connectivity index (χ3v) is 3.81. The van der Waals surface area contributed by atoms with Gasteiger partial charge in [0.1, 0.15) is 0 Å². The Bertz CT molecular complexity index is 497. The van der Waals surface area contributed by atoms with Crippen LogP contribution in [0.3, 0.4) is 0 Å². The summed E-state index contributed by atoms with van der Waals surface area (Å²) in [6.07, 6.45) is 2.62. The average molecular weight is 279 g/mol. The van der Waals surface area contributed by atoms with Crippen LogP contribution in [0.25, 0.3) is 0 Å². The predicted molar refractivity (Wildman–Crippen MR) is 77.3 cm³/mol. The highest BCUT2D eigenvalue weighted by Crippen LogP contribution is 2.26. The summed E-state index contributed by atoms with van der Waals surface area (Å²) in [6.45, 7) is 9.55. The highest BCUT2D eigenvalue weighted by Gasteiger charge is 2.20. The molecule has 0 aliphatic heterocycles. The predicted octanol–water partition coefficient (Wildman–Crippen LogP) is 2.45. The molecule has 0 saturated heterocycles. The fourth-order valence-corrected chi connectivity index (χ4v) is 2.90. The first-order valence-electron chi connectivity index (χ1n) is 6.54. The Morgan fingerprint density at radius 1 is 1.42 bits per heavy atom.